The first kappa shape index (κ1) is 10.6. The summed E-state index contributed by atoms with van der Waals surface area (Å²) >= 11 is 0. The fourth-order valence-corrected chi connectivity index (χ4v) is 2.81. The molecule has 0 bridgehead atoms. The molecule has 0 spiro atoms. The SMILES string of the molecule is CC1=CC2=C(Cc3ccc(C)cc3CC2)NC1. The zero-order valence-corrected chi connectivity index (χ0v) is 10.6. The number of allylic oxidation sites excluding steroid dienone is 3. The third kappa shape index (κ3) is 2.02. The molecular formula is C16H19N. The lowest BCUT2D eigenvalue weighted by Crippen LogP contribution is -2.22. The van der Waals surface area contributed by atoms with Crippen molar-refractivity contribution < 1.29 is 0 Å². The van der Waals surface area contributed by atoms with Crippen LogP contribution in [0.25, 0.3) is 0 Å². The van der Waals surface area contributed by atoms with Gasteiger partial charge in [-0.15, -0.1) is 0 Å². The van der Waals surface area contributed by atoms with Gasteiger partial charge in [-0.3, -0.25) is 0 Å². The molecule has 1 heterocycles. The number of hydrogen-bond acceptors (Lipinski definition) is 1. The van der Waals surface area contributed by atoms with Gasteiger partial charge in [-0.05, 0) is 43.4 Å². The number of fused-ring (bicyclic) bond motifs is 1. The predicted molar refractivity (Wildman–Crippen MR) is 72.0 cm³/mol. The number of rotatable bonds is 0. The van der Waals surface area contributed by atoms with Gasteiger partial charge >= 0.3 is 0 Å². The van der Waals surface area contributed by atoms with E-state index in [2.05, 4.69) is 43.4 Å². The van der Waals surface area contributed by atoms with Crippen LogP contribution in [0.1, 0.15) is 30.0 Å². The third-order valence-electron chi connectivity index (χ3n) is 3.78. The van der Waals surface area contributed by atoms with Gasteiger partial charge in [-0.25, -0.2) is 0 Å². The maximum atomic E-state index is 3.58. The molecule has 0 saturated heterocycles. The van der Waals surface area contributed by atoms with Gasteiger partial charge in [0.05, 0.1) is 0 Å². The smallest absolute Gasteiger partial charge is 0.0357 e. The van der Waals surface area contributed by atoms with Crippen LogP contribution in [0, 0.1) is 6.92 Å². The van der Waals surface area contributed by atoms with E-state index in [1.54, 1.807) is 0 Å². The van der Waals surface area contributed by atoms with Crippen LogP contribution in [-0.4, -0.2) is 6.54 Å². The number of benzene rings is 1. The molecule has 1 aliphatic carbocycles. The summed E-state index contributed by atoms with van der Waals surface area (Å²) < 4.78 is 0. The minimum Gasteiger partial charge on any atom is -0.384 e. The van der Waals surface area contributed by atoms with Crippen molar-refractivity contribution in [3.63, 3.8) is 0 Å². The molecule has 1 nitrogen and oxygen atoms in total. The molecule has 3 rings (SSSR count). The topological polar surface area (TPSA) is 12.0 Å². The van der Waals surface area contributed by atoms with Gasteiger partial charge in [0, 0.05) is 18.7 Å². The first-order valence-electron chi connectivity index (χ1n) is 6.44. The van der Waals surface area contributed by atoms with Crippen molar-refractivity contribution in [1.29, 1.82) is 0 Å². The van der Waals surface area contributed by atoms with E-state index in [0.29, 0.717) is 0 Å². The quantitative estimate of drug-likeness (QED) is 0.714. The zero-order chi connectivity index (χ0) is 11.8. The molecule has 1 aliphatic heterocycles. The van der Waals surface area contributed by atoms with Crippen molar-refractivity contribution >= 4 is 0 Å². The number of aryl methyl sites for hydroxylation is 2. The van der Waals surface area contributed by atoms with Gasteiger partial charge < -0.3 is 5.32 Å². The minimum atomic E-state index is 1.01. The average Bonchev–Trinajstić information content (AvgIpc) is 2.48. The van der Waals surface area contributed by atoms with E-state index in [1.165, 1.54) is 46.4 Å². The van der Waals surface area contributed by atoms with Gasteiger partial charge in [0.25, 0.3) is 0 Å². The van der Waals surface area contributed by atoms with E-state index in [-0.39, 0.29) is 0 Å². The van der Waals surface area contributed by atoms with Crippen molar-refractivity contribution in [2.24, 2.45) is 0 Å². The van der Waals surface area contributed by atoms with Crippen molar-refractivity contribution in [2.75, 3.05) is 6.54 Å². The summed E-state index contributed by atoms with van der Waals surface area (Å²) in [5.74, 6) is 0. The molecular weight excluding hydrogens is 206 g/mol. The molecule has 0 aromatic heterocycles. The highest BCUT2D eigenvalue weighted by Crippen LogP contribution is 2.27. The normalized spacial score (nSPS) is 18.8. The monoisotopic (exact) mass is 225 g/mol. The second-order valence-electron chi connectivity index (χ2n) is 5.30. The molecule has 1 heteroatoms. The molecule has 88 valence electrons. The van der Waals surface area contributed by atoms with Crippen molar-refractivity contribution in [3.05, 3.63) is 57.8 Å². The van der Waals surface area contributed by atoms with Crippen molar-refractivity contribution in [2.45, 2.75) is 33.1 Å². The summed E-state index contributed by atoms with van der Waals surface area (Å²) in [6.45, 7) is 5.40. The number of hydrogen-bond donors (Lipinski definition) is 1. The summed E-state index contributed by atoms with van der Waals surface area (Å²) in [7, 11) is 0. The highest BCUT2D eigenvalue weighted by molar-refractivity contribution is 5.42. The molecule has 0 fully saturated rings. The molecule has 17 heavy (non-hydrogen) atoms. The average molecular weight is 225 g/mol. The lowest BCUT2D eigenvalue weighted by Gasteiger charge is -2.19. The van der Waals surface area contributed by atoms with E-state index in [9.17, 15) is 0 Å². The fourth-order valence-electron chi connectivity index (χ4n) is 2.81. The van der Waals surface area contributed by atoms with Crippen LogP contribution in [0.4, 0.5) is 0 Å². The largest absolute Gasteiger partial charge is 0.384 e. The van der Waals surface area contributed by atoms with Crippen molar-refractivity contribution in [1.82, 2.24) is 5.32 Å². The fraction of sp³-hybridized carbons (Fsp3) is 0.375. The molecule has 0 unspecified atom stereocenters. The van der Waals surface area contributed by atoms with Gasteiger partial charge in [-0.1, -0.05) is 35.4 Å². The minimum absolute atomic E-state index is 1.01. The van der Waals surface area contributed by atoms with Gasteiger partial charge in [-0.2, -0.15) is 0 Å². The summed E-state index contributed by atoms with van der Waals surface area (Å²) in [5, 5.41) is 3.58. The molecule has 1 N–H and O–H groups in total. The Kier molecular flexibility index (Phi) is 2.54. The summed E-state index contributed by atoms with van der Waals surface area (Å²) in [6, 6.07) is 6.88. The summed E-state index contributed by atoms with van der Waals surface area (Å²) in [5.41, 5.74) is 8.82. The Balaban J connectivity index is 1.99. The highest BCUT2D eigenvalue weighted by atomic mass is 14.9. The van der Waals surface area contributed by atoms with Crippen molar-refractivity contribution in [3.8, 4) is 0 Å². The van der Waals surface area contributed by atoms with Crippen LogP contribution in [0.5, 0.6) is 0 Å². The number of nitrogens with one attached hydrogen (secondary N) is 1. The first-order chi connectivity index (χ1) is 8.22. The highest BCUT2D eigenvalue weighted by Gasteiger charge is 2.17. The van der Waals surface area contributed by atoms with Gasteiger partial charge in [0.2, 0.25) is 0 Å². The van der Waals surface area contributed by atoms with E-state index in [1.807, 2.05) is 0 Å². The van der Waals surface area contributed by atoms with Crippen LogP contribution in [0.2, 0.25) is 0 Å². The van der Waals surface area contributed by atoms with E-state index in [0.717, 1.165) is 13.0 Å². The van der Waals surface area contributed by atoms with Gasteiger partial charge in [0.1, 0.15) is 0 Å². The molecule has 1 aromatic rings. The Labute approximate surface area is 103 Å². The lowest BCUT2D eigenvalue weighted by atomic mass is 10.00. The zero-order valence-electron chi connectivity index (χ0n) is 10.6. The van der Waals surface area contributed by atoms with E-state index < -0.39 is 0 Å². The van der Waals surface area contributed by atoms with E-state index in [4.69, 9.17) is 0 Å². The molecule has 0 atom stereocenters. The molecule has 2 aliphatic rings. The first-order valence-corrected chi connectivity index (χ1v) is 6.44. The maximum absolute atomic E-state index is 3.58. The third-order valence-corrected chi connectivity index (χ3v) is 3.78. The van der Waals surface area contributed by atoms with Crippen LogP contribution in [0.15, 0.2) is 41.1 Å². The Morgan fingerprint density at radius 1 is 1.06 bits per heavy atom. The molecule has 0 radical (unpaired) electrons. The van der Waals surface area contributed by atoms with E-state index >= 15 is 0 Å². The summed E-state index contributed by atoms with van der Waals surface area (Å²) in [6.07, 6.45) is 5.82. The second-order valence-corrected chi connectivity index (χ2v) is 5.30. The lowest BCUT2D eigenvalue weighted by molar-refractivity contribution is 0.791. The van der Waals surface area contributed by atoms with Crippen LogP contribution in [0.3, 0.4) is 0 Å². The van der Waals surface area contributed by atoms with Crippen LogP contribution < -0.4 is 5.32 Å². The number of dihydropyridines is 1. The predicted octanol–water partition coefficient (Wildman–Crippen LogP) is 3.29. The molecule has 0 amide bonds. The molecule has 0 saturated carbocycles. The Morgan fingerprint density at radius 3 is 2.82 bits per heavy atom. The second kappa shape index (κ2) is 4.06. The molecule has 1 aromatic carbocycles. The van der Waals surface area contributed by atoms with Gasteiger partial charge in [0.15, 0.2) is 0 Å². The maximum Gasteiger partial charge on any atom is 0.0357 e. The Bertz CT molecular complexity index is 520. The van der Waals surface area contributed by atoms with Crippen LogP contribution in [-0.2, 0) is 12.8 Å². The summed E-state index contributed by atoms with van der Waals surface area (Å²) in [4.78, 5) is 0. The van der Waals surface area contributed by atoms with Crippen LogP contribution >= 0.6 is 0 Å². The Morgan fingerprint density at radius 2 is 1.94 bits per heavy atom. The standard InChI is InChI=1S/C16H19N/c1-11-3-4-14-9-16-15(6-5-13(14)7-11)8-12(2)10-17-16/h3-4,7-8,17H,5-6,9-10H2,1-2H3. The Hall–Kier alpha value is -1.50.